The summed E-state index contributed by atoms with van der Waals surface area (Å²) in [5, 5.41) is 3.76. The third kappa shape index (κ3) is 6.80. The minimum Gasteiger partial charge on any atom is -0.461 e. The molecule has 2 aliphatic rings. The minimum absolute atomic E-state index is 0.0803. The van der Waals surface area contributed by atoms with Crippen LogP contribution < -0.4 is 10.2 Å². The summed E-state index contributed by atoms with van der Waals surface area (Å²) in [6.07, 6.45) is 5.48. The molecule has 1 saturated heterocycles. The van der Waals surface area contributed by atoms with Crippen LogP contribution in [0.25, 0.3) is 0 Å². The highest BCUT2D eigenvalue weighted by Gasteiger charge is 2.27. The summed E-state index contributed by atoms with van der Waals surface area (Å²) in [5.74, 6) is 0.315. The Balaban J connectivity index is 1.13. The smallest absolute Gasteiger partial charge is 0.306 e. The SMILES string of the molecule is Cc1cccnc1CN(C)C[C@H]1Cc2c(cccc2N2CCC(CC(=O)OCc3ccccc3)CC2)CN1. The van der Waals surface area contributed by atoms with Crippen molar-refractivity contribution < 1.29 is 9.53 Å². The number of pyridine rings is 1. The van der Waals surface area contributed by atoms with Crippen molar-refractivity contribution in [2.24, 2.45) is 5.92 Å². The quantitative estimate of drug-likeness (QED) is 0.412. The highest BCUT2D eigenvalue weighted by molar-refractivity contribution is 5.69. The molecule has 3 aromatic rings. The molecular formula is C32H40N4O2. The number of nitrogens with one attached hydrogen (secondary N) is 1. The number of aryl methyl sites for hydroxylation is 1. The lowest BCUT2D eigenvalue weighted by Crippen LogP contribution is -2.44. The lowest BCUT2D eigenvalue weighted by molar-refractivity contribution is -0.146. The number of nitrogens with zero attached hydrogens (tertiary/aromatic N) is 3. The average Bonchev–Trinajstić information content (AvgIpc) is 2.94. The van der Waals surface area contributed by atoms with Crippen LogP contribution in [-0.4, -0.2) is 48.6 Å². The molecule has 1 N–H and O–H groups in total. The highest BCUT2D eigenvalue weighted by atomic mass is 16.5. The number of carbonyl (C=O) groups excluding carboxylic acids is 1. The summed E-state index contributed by atoms with van der Waals surface area (Å²) in [4.78, 5) is 21.9. The number of likely N-dealkylation sites (N-methyl/N-ethyl adjacent to an activating group) is 1. The monoisotopic (exact) mass is 512 g/mol. The number of esters is 1. The second-order valence-corrected chi connectivity index (χ2v) is 10.9. The Kier molecular flexibility index (Phi) is 8.72. The van der Waals surface area contributed by atoms with Gasteiger partial charge in [0, 0.05) is 57.1 Å². The van der Waals surface area contributed by atoms with Crippen molar-refractivity contribution in [1.82, 2.24) is 15.2 Å². The Morgan fingerprint density at radius 1 is 1.08 bits per heavy atom. The Morgan fingerprint density at radius 3 is 2.68 bits per heavy atom. The minimum atomic E-state index is -0.0803. The Hall–Kier alpha value is -3.22. The molecule has 38 heavy (non-hydrogen) atoms. The van der Waals surface area contributed by atoms with Gasteiger partial charge in [0.25, 0.3) is 0 Å². The van der Waals surface area contributed by atoms with E-state index in [2.05, 4.69) is 58.3 Å². The van der Waals surface area contributed by atoms with Crippen LogP contribution in [0.5, 0.6) is 0 Å². The molecule has 1 atom stereocenters. The van der Waals surface area contributed by atoms with Crippen LogP contribution in [0.2, 0.25) is 0 Å². The van der Waals surface area contributed by atoms with Gasteiger partial charge >= 0.3 is 5.97 Å². The Labute approximate surface area is 227 Å². The van der Waals surface area contributed by atoms with E-state index in [1.165, 1.54) is 22.4 Å². The largest absolute Gasteiger partial charge is 0.461 e. The topological polar surface area (TPSA) is 57.7 Å². The maximum atomic E-state index is 12.4. The summed E-state index contributed by atoms with van der Waals surface area (Å²) in [6.45, 7) is 7.23. The number of rotatable bonds is 9. The predicted molar refractivity (Wildman–Crippen MR) is 152 cm³/mol. The van der Waals surface area contributed by atoms with Gasteiger partial charge in [-0.15, -0.1) is 0 Å². The van der Waals surface area contributed by atoms with Crippen molar-refractivity contribution in [3.8, 4) is 0 Å². The molecule has 0 unspecified atom stereocenters. The molecule has 2 aromatic carbocycles. The molecular weight excluding hydrogens is 472 g/mol. The molecule has 0 bridgehead atoms. The van der Waals surface area contributed by atoms with Crippen molar-refractivity contribution in [1.29, 1.82) is 0 Å². The lowest BCUT2D eigenvalue weighted by Gasteiger charge is -2.37. The summed E-state index contributed by atoms with van der Waals surface area (Å²) in [5.41, 5.74) is 7.71. The first-order chi connectivity index (χ1) is 18.5. The van der Waals surface area contributed by atoms with Crippen LogP contribution in [0.15, 0.2) is 66.9 Å². The normalized spacial score (nSPS) is 17.9. The maximum absolute atomic E-state index is 12.4. The first kappa shape index (κ1) is 26.4. The fourth-order valence-electron chi connectivity index (χ4n) is 5.81. The summed E-state index contributed by atoms with van der Waals surface area (Å²) in [7, 11) is 2.19. The van der Waals surface area contributed by atoms with Crippen molar-refractivity contribution in [3.05, 3.63) is 94.8 Å². The van der Waals surface area contributed by atoms with Gasteiger partial charge in [0.2, 0.25) is 0 Å². The molecule has 2 aliphatic heterocycles. The van der Waals surface area contributed by atoms with Gasteiger partial charge in [0.1, 0.15) is 6.61 Å². The zero-order chi connectivity index (χ0) is 26.3. The fourth-order valence-corrected chi connectivity index (χ4v) is 5.81. The molecule has 0 radical (unpaired) electrons. The number of hydrogen-bond donors (Lipinski definition) is 1. The van der Waals surface area contributed by atoms with Crippen LogP contribution in [0.1, 0.15) is 47.2 Å². The zero-order valence-corrected chi connectivity index (χ0v) is 22.7. The molecule has 0 saturated carbocycles. The molecule has 1 fully saturated rings. The van der Waals surface area contributed by atoms with Gasteiger partial charge < -0.3 is 15.0 Å². The first-order valence-electron chi connectivity index (χ1n) is 13.9. The van der Waals surface area contributed by atoms with Gasteiger partial charge in [-0.25, -0.2) is 0 Å². The summed E-state index contributed by atoms with van der Waals surface area (Å²) in [6, 6.07) is 21.2. The van der Waals surface area contributed by atoms with Gasteiger partial charge in [-0.1, -0.05) is 48.5 Å². The molecule has 200 valence electrons. The number of fused-ring (bicyclic) bond motifs is 1. The third-order valence-electron chi connectivity index (χ3n) is 8.00. The molecule has 0 spiro atoms. The lowest BCUT2D eigenvalue weighted by atomic mass is 9.90. The van der Waals surface area contributed by atoms with E-state index in [9.17, 15) is 4.79 Å². The van der Waals surface area contributed by atoms with Crippen molar-refractivity contribution in [2.75, 3.05) is 31.6 Å². The van der Waals surface area contributed by atoms with Crippen LogP contribution in [-0.2, 0) is 35.6 Å². The van der Waals surface area contributed by atoms with E-state index in [1.54, 1.807) is 0 Å². The molecule has 0 aliphatic carbocycles. The summed E-state index contributed by atoms with van der Waals surface area (Å²) >= 11 is 0. The van der Waals surface area contributed by atoms with Crippen LogP contribution in [0, 0.1) is 12.8 Å². The van der Waals surface area contributed by atoms with Crippen LogP contribution >= 0.6 is 0 Å². The van der Waals surface area contributed by atoms with Crippen molar-refractivity contribution in [3.63, 3.8) is 0 Å². The second kappa shape index (κ2) is 12.5. The molecule has 6 heteroatoms. The van der Waals surface area contributed by atoms with E-state index in [-0.39, 0.29) is 5.97 Å². The first-order valence-corrected chi connectivity index (χ1v) is 13.9. The standard InChI is InChI=1S/C32H40N4O2/c1-24-8-7-15-33-30(24)22-35(2)21-28-19-29-27(20-34-28)11-6-12-31(29)36-16-13-25(14-17-36)18-32(37)38-23-26-9-4-3-5-10-26/h3-12,15,25,28,34H,13-14,16-23H2,1-2H3/t28-/m1/s1. The molecule has 6 nitrogen and oxygen atoms in total. The Bertz CT molecular complexity index is 1210. The zero-order valence-electron chi connectivity index (χ0n) is 22.7. The van der Waals surface area contributed by atoms with E-state index in [0.29, 0.717) is 25.0 Å². The number of piperidine rings is 1. The average molecular weight is 513 g/mol. The molecule has 1 aromatic heterocycles. The number of benzene rings is 2. The van der Waals surface area contributed by atoms with Crippen molar-refractivity contribution >= 4 is 11.7 Å². The number of aromatic nitrogens is 1. The maximum Gasteiger partial charge on any atom is 0.306 e. The van der Waals surface area contributed by atoms with Crippen LogP contribution in [0.4, 0.5) is 5.69 Å². The number of ether oxygens (including phenoxy) is 1. The second-order valence-electron chi connectivity index (χ2n) is 10.9. The number of hydrogen-bond acceptors (Lipinski definition) is 6. The number of carbonyl (C=O) groups is 1. The van der Waals surface area contributed by atoms with E-state index in [4.69, 9.17) is 4.74 Å². The van der Waals surface area contributed by atoms with E-state index in [0.717, 1.165) is 63.2 Å². The van der Waals surface area contributed by atoms with Gasteiger partial charge in [-0.3, -0.25) is 14.7 Å². The van der Waals surface area contributed by atoms with Gasteiger partial charge in [-0.2, -0.15) is 0 Å². The van der Waals surface area contributed by atoms with Crippen LogP contribution in [0.3, 0.4) is 0 Å². The molecule has 3 heterocycles. The molecule has 0 amide bonds. The predicted octanol–water partition coefficient (Wildman–Crippen LogP) is 4.89. The van der Waals surface area contributed by atoms with E-state index < -0.39 is 0 Å². The van der Waals surface area contributed by atoms with Crippen molar-refractivity contribution in [2.45, 2.75) is 58.3 Å². The third-order valence-corrected chi connectivity index (χ3v) is 8.00. The van der Waals surface area contributed by atoms with Gasteiger partial charge in [0.15, 0.2) is 0 Å². The van der Waals surface area contributed by atoms with Gasteiger partial charge in [-0.05, 0) is 73.5 Å². The summed E-state index contributed by atoms with van der Waals surface area (Å²) < 4.78 is 5.54. The highest BCUT2D eigenvalue weighted by Crippen LogP contribution is 2.32. The van der Waals surface area contributed by atoms with Gasteiger partial charge in [0.05, 0.1) is 5.69 Å². The number of anilines is 1. The van der Waals surface area contributed by atoms with E-state index >= 15 is 0 Å². The molecule has 5 rings (SSSR count). The van der Waals surface area contributed by atoms with E-state index in [1.807, 2.05) is 42.6 Å². The Morgan fingerprint density at radius 2 is 1.89 bits per heavy atom. The fraction of sp³-hybridized carbons (Fsp3) is 0.438.